The average Bonchev–Trinajstić information content (AvgIpc) is 2.30. The summed E-state index contributed by atoms with van der Waals surface area (Å²) in [5, 5.41) is 0. The Hall–Kier alpha value is -3.59. The molecule has 1 N–H and O–H groups in total. The third kappa shape index (κ3) is 77.3. The molecule has 0 spiro atoms. The van der Waals surface area contributed by atoms with Crippen LogP contribution in [0.3, 0.4) is 0 Å². The van der Waals surface area contributed by atoms with Crippen molar-refractivity contribution in [2.24, 2.45) is 0 Å². The molecule has 0 aliphatic carbocycles. The van der Waals surface area contributed by atoms with E-state index < -0.39 is 26.5 Å². The molecule has 0 aliphatic heterocycles. The molecule has 0 heterocycles. The minimum absolute atomic E-state index is 0.0182. The molecule has 0 saturated heterocycles. The van der Waals surface area contributed by atoms with Crippen molar-refractivity contribution >= 4 is 19.8 Å². The second-order valence-corrected chi connectivity index (χ2v) is 28.5. The van der Waals surface area contributed by atoms with Gasteiger partial charge in [0.15, 0.2) is 6.10 Å². The van der Waals surface area contributed by atoms with Crippen LogP contribution in [-0.2, 0) is 32.7 Å². The van der Waals surface area contributed by atoms with E-state index in [1.54, 1.807) is 0 Å². The standard InChI is InChI=1S/C83H146NO8P/c1-6-8-10-12-14-16-18-20-22-24-26-28-30-32-34-36-38-40-41-42-44-45-47-49-51-53-55-57-59-61-63-65-67-69-71-73-75-82(85)89-79-81(80-91-93(87,88)90-78-77-84(3,4)5)92-83(86)76-74-72-70-68-66-64-62-60-58-56-54-52-50-48-46-43-39-37-35-33-31-29-27-25-23-21-19-17-15-13-11-9-7-2/h9,11,15,17,21,23,27,29,33,35,39,43,48,50,54,56,60,62,66,68,81H,6-8,10,12-14,16,18-20,22,24-26,28,30-32,34,36-38,40-42,44-47,49,51-53,55,57-59,61,63-65,67,69-80H2,1-5H3/p+1/b11-9-,17-15-,23-21-,29-27-,35-33-,43-39-,50-48-,56-54-,62-60-,68-66-. The van der Waals surface area contributed by atoms with Gasteiger partial charge >= 0.3 is 19.8 Å². The Balaban J connectivity index is 4.06. The molecule has 10 heteroatoms. The minimum Gasteiger partial charge on any atom is -0.462 e. The SMILES string of the molecule is CC/C=C\C/C=C\C/C=C\C/C=C\C/C=C\C/C=C\C/C=C\C/C=C\C/C=C\C/C=C\CCCCC(=O)OC(COC(=O)CCCCCCCCCCCCCCCCCCCCCCCCCCCCCCCCCCCCCC)COP(=O)(O)OCC[N+](C)(C)C. The second kappa shape index (κ2) is 72.7. The maximum absolute atomic E-state index is 12.9. The number of esters is 2. The first-order valence-electron chi connectivity index (χ1n) is 38.8. The van der Waals surface area contributed by atoms with Crippen LogP contribution in [0.15, 0.2) is 122 Å². The van der Waals surface area contributed by atoms with Crippen molar-refractivity contribution in [2.45, 2.75) is 347 Å². The largest absolute Gasteiger partial charge is 0.472 e. The van der Waals surface area contributed by atoms with Gasteiger partial charge in [0.05, 0.1) is 27.7 Å². The fourth-order valence-corrected chi connectivity index (χ4v) is 11.6. The lowest BCUT2D eigenvalue weighted by atomic mass is 10.0. The van der Waals surface area contributed by atoms with Crippen molar-refractivity contribution in [3.8, 4) is 0 Å². The molecule has 93 heavy (non-hydrogen) atoms. The van der Waals surface area contributed by atoms with E-state index in [1.807, 2.05) is 21.1 Å². The van der Waals surface area contributed by atoms with Crippen molar-refractivity contribution in [3.05, 3.63) is 122 Å². The van der Waals surface area contributed by atoms with Crippen LogP contribution >= 0.6 is 7.82 Å². The zero-order chi connectivity index (χ0) is 67.6. The smallest absolute Gasteiger partial charge is 0.462 e. The van der Waals surface area contributed by atoms with Gasteiger partial charge in [-0.05, 0) is 89.9 Å². The Morgan fingerprint density at radius 3 is 0.914 bits per heavy atom. The molecule has 0 saturated carbocycles. The van der Waals surface area contributed by atoms with E-state index in [0.29, 0.717) is 17.4 Å². The second-order valence-electron chi connectivity index (χ2n) is 27.0. The number of rotatable bonds is 71. The maximum Gasteiger partial charge on any atom is 0.472 e. The van der Waals surface area contributed by atoms with Gasteiger partial charge in [0, 0.05) is 12.8 Å². The van der Waals surface area contributed by atoms with Gasteiger partial charge < -0.3 is 18.9 Å². The van der Waals surface area contributed by atoms with Crippen LogP contribution in [0.25, 0.3) is 0 Å². The van der Waals surface area contributed by atoms with Crippen LogP contribution in [0.2, 0.25) is 0 Å². The van der Waals surface area contributed by atoms with Gasteiger partial charge in [-0.25, -0.2) is 4.57 Å². The van der Waals surface area contributed by atoms with Crippen LogP contribution in [0.1, 0.15) is 341 Å². The molecule has 0 radical (unpaired) electrons. The summed E-state index contributed by atoms with van der Waals surface area (Å²) in [5.74, 6) is -0.844. The first-order chi connectivity index (χ1) is 45.5. The Kier molecular flexibility index (Phi) is 69.9. The summed E-state index contributed by atoms with van der Waals surface area (Å²) in [6.07, 6.45) is 105. The van der Waals surface area contributed by atoms with Crippen molar-refractivity contribution in [3.63, 3.8) is 0 Å². The Morgan fingerprint density at radius 2 is 0.613 bits per heavy atom. The summed E-state index contributed by atoms with van der Waals surface area (Å²) in [6, 6.07) is 0. The van der Waals surface area contributed by atoms with E-state index in [4.69, 9.17) is 18.5 Å². The van der Waals surface area contributed by atoms with Gasteiger partial charge in [-0.1, -0.05) is 360 Å². The first kappa shape index (κ1) is 89.4. The highest BCUT2D eigenvalue weighted by Crippen LogP contribution is 2.43. The molecule has 0 aromatic carbocycles. The lowest BCUT2D eigenvalue weighted by molar-refractivity contribution is -0.870. The quantitative estimate of drug-likeness (QED) is 0.0211. The minimum atomic E-state index is -4.41. The van der Waals surface area contributed by atoms with E-state index in [9.17, 15) is 19.0 Å². The highest BCUT2D eigenvalue weighted by atomic mass is 31.2. The Morgan fingerprint density at radius 1 is 0.344 bits per heavy atom. The third-order valence-electron chi connectivity index (χ3n) is 16.8. The van der Waals surface area contributed by atoms with Gasteiger partial charge in [0.25, 0.3) is 0 Å². The summed E-state index contributed by atoms with van der Waals surface area (Å²) in [5.41, 5.74) is 0. The molecule has 0 bridgehead atoms. The van der Waals surface area contributed by atoms with Crippen LogP contribution in [-0.4, -0.2) is 74.9 Å². The number of hydrogen-bond donors (Lipinski definition) is 1. The first-order valence-corrected chi connectivity index (χ1v) is 40.3. The predicted octanol–water partition coefficient (Wildman–Crippen LogP) is 25.8. The van der Waals surface area contributed by atoms with Gasteiger partial charge in [-0.15, -0.1) is 0 Å². The molecule has 0 aromatic rings. The Bertz CT molecular complexity index is 1990. The van der Waals surface area contributed by atoms with Gasteiger partial charge in [-0.2, -0.15) is 0 Å². The van der Waals surface area contributed by atoms with Crippen molar-refractivity contribution in [2.75, 3.05) is 47.5 Å². The highest BCUT2D eigenvalue weighted by Gasteiger charge is 2.27. The van der Waals surface area contributed by atoms with Gasteiger partial charge in [0.2, 0.25) is 0 Å². The molecule has 0 aliphatic rings. The van der Waals surface area contributed by atoms with E-state index in [0.717, 1.165) is 96.3 Å². The van der Waals surface area contributed by atoms with E-state index in [-0.39, 0.29) is 32.0 Å². The predicted molar refractivity (Wildman–Crippen MR) is 404 cm³/mol. The molecule has 536 valence electrons. The summed E-state index contributed by atoms with van der Waals surface area (Å²) < 4.78 is 34.7. The summed E-state index contributed by atoms with van der Waals surface area (Å²) in [6.45, 7) is 4.30. The van der Waals surface area contributed by atoms with Crippen molar-refractivity contribution in [1.29, 1.82) is 0 Å². The monoisotopic (exact) mass is 1320 g/mol. The zero-order valence-electron chi connectivity index (χ0n) is 61.2. The molecule has 0 aromatic heterocycles. The van der Waals surface area contributed by atoms with E-state index in [1.165, 1.54) is 212 Å². The number of allylic oxidation sites excluding steroid dienone is 20. The van der Waals surface area contributed by atoms with Gasteiger partial charge in [0.1, 0.15) is 19.8 Å². The molecule has 9 nitrogen and oxygen atoms in total. The molecule has 2 unspecified atom stereocenters. The molecule has 0 fully saturated rings. The van der Waals surface area contributed by atoms with Gasteiger partial charge in [-0.3, -0.25) is 18.6 Å². The molecule has 0 rings (SSSR count). The number of carbonyl (C=O) groups is 2. The fraction of sp³-hybridized carbons (Fsp3) is 0.735. The number of ether oxygens (including phenoxy) is 2. The fourth-order valence-electron chi connectivity index (χ4n) is 10.9. The highest BCUT2D eigenvalue weighted by molar-refractivity contribution is 7.47. The van der Waals surface area contributed by atoms with Crippen LogP contribution in [0, 0.1) is 0 Å². The summed E-state index contributed by atoms with van der Waals surface area (Å²) in [7, 11) is 1.44. The van der Waals surface area contributed by atoms with Crippen LogP contribution < -0.4 is 0 Å². The molecular weight excluding hydrogens is 1170 g/mol. The number of phosphoric acid groups is 1. The average molecular weight is 1320 g/mol. The lowest BCUT2D eigenvalue weighted by Gasteiger charge is -2.24. The molecule has 0 amide bonds. The normalized spacial score (nSPS) is 13.7. The third-order valence-corrected chi connectivity index (χ3v) is 17.7. The topological polar surface area (TPSA) is 108 Å². The number of quaternary nitrogens is 1. The van der Waals surface area contributed by atoms with Crippen molar-refractivity contribution in [1.82, 2.24) is 0 Å². The number of nitrogens with zero attached hydrogens (tertiary/aromatic N) is 1. The number of unbranched alkanes of at least 4 members (excludes halogenated alkanes) is 37. The zero-order valence-corrected chi connectivity index (χ0v) is 62.1. The van der Waals surface area contributed by atoms with Crippen LogP contribution in [0.4, 0.5) is 0 Å². The van der Waals surface area contributed by atoms with Crippen LogP contribution in [0.5, 0.6) is 0 Å². The van der Waals surface area contributed by atoms with E-state index >= 15 is 0 Å². The summed E-state index contributed by atoms with van der Waals surface area (Å²) >= 11 is 0. The number of hydrogen-bond acceptors (Lipinski definition) is 7. The van der Waals surface area contributed by atoms with E-state index in [2.05, 4.69) is 135 Å². The Labute approximate surface area is 575 Å². The van der Waals surface area contributed by atoms with Crippen molar-refractivity contribution < 1.29 is 42.1 Å². The molecular formula is C83H147NO8P+. The molecule has 2 atom stereocenters. The maximum atomic E-state index is 12.9. The summed E-state index contributed by atoms with van der Waals surface area (Å²) in [4.78, 5) is 35.9. The lowest BCUT2D eigenvalue weighted by Crippen LogP contribution is -2.37. The number of phosphoric ester groups is 1. The number of likely N-dealkylation sites (N-methyl/N-ethyl adjacent to an activating group) is 1. The number of carbonyl (C=O) groups excluding carboxylic acids is 2.